The fourth-order valence-corrected chi connectivity index (χ4v) is 3.10. The Morgan fingerprint density at radius 2 is 2.00 bits per heavy atom. The zero-order valence-corrected chi connectivity index (χ0v) is 13.8. The molecule has 1 aliphatic rings. The molecule has 1 saturated carbocycles. The monoisotopic (exact) mass is 317 g/mol. The average molecular weight is 317 g/mol. The summed E-state index contributed by atoms with van der Waals surface area (Å²) in [5, 5.41) is 2.75. The van der Waals surface area contributed by atoms with Crippen LogP contribution in [0.2, 0.25) is 0 Å². The Morgan fingerprint density at radius 1 is 1.26 bits per heavy atom. The molecule has 0 aliphatic heterocycles. The van der Waals surface area contributed by atoms with Gasteiger partial charge < -0.3 is 16.0 Å². The Hall–Kier alpha value is -1.88. The summed E-state index contributed by atoms with van der Waals surface area (Å²) in [5.74, 6) is 0.271. The van der Waals surface area contributed by atoms with Gasteiger partial charge in [-0.3, -0.25) is 9.59 Å². The number of hydrogen-bond acceptors (Lipinski definition) is 3. The topological polar surface area (TPSA) is 75.4 Å². The SMILES string of the molecule is CCN(Cc1ccccc1)C(=O)CNC(=O)C[C@@H]1CC[C@H](N)C1. The first-order chi connectivity index (χ1) is 11.1. The molecule has 5 nitrogen and oxygen atoms in total. The van der Waals surface area contributed by atoms with Gasteiger partial charge in [-0.05, 0) is 37.7 Å². The largest absolute Gasteiger partial charge is 0.347 e. The number of nitrogens with two attached hydrogens (primary N) is 1. The summed E-state index contributed by atoms with van der Waals surface area (Å²) in [6.45, 7) is 3.21. The van der Waals surface area contributed by atoms with Gasteiger partial charge in [0.1, 0.15) is 0 Å². The van der Waals surface area contributed by atoms with Gasteiger partial charge in [0.2, 0.25) is 11.8 Å². The zero-order chi connectivity index (χ0) is 16.7. The van der Waals surface area contributed by atoms with Crippen LogP contribution in [0.4, 0.5) is 0 Å². The minimum absolute atomic E-state index is 0.0479. The highest BCUT2D eigenvalue weighted by Crippen LogP contribution is 2.26. The first kappa shape index (κ1) is 17.5. The number of carbonyl (C=O) groups excluding carboxylic acids is 2. The van der Waals surface area contributed by atoms with E-state index in [0.717, 1.165) is 24.8 Å². The lowest BCUT2D eigenvalue weighted by Gasteiger charge is -2.21. The first-order valence-electron chi connectivity index (χ1n) is 8.42. The highest BCUT2D eigenvalue weighted by atomic mass is 16.2. The fraction of sp³-hybridized carbons (Fsp3) is 0.556. The van der Waals surface area contributed by atoms with Crippen molar-refractivity contribution in [3.63, 3.8) is 0 Å². The van der Waals surface area contributed by atoms with Crippen molar-refractivity contribution in [3.8, 4) is 0 Å². The summed E-state index contributed by atoms with van der Waals surface area (Å²) in [6, 6.07) is 10.1. The van der Waals surface area contributed by atoms with Crippen molar-refractivity contribution in [2.24, 2.45) is 11.7 Å². The van der Waals surface area contributed by atoms with Gasteiger partial charge in [0.25, 0.3) is 0 Å². The highest BCUT2D eigenvalue weighted by Gasteiger charge is 2.24. The molecule has 2 amide bonds. The molecule has 0 unspecified atom stereocenters. The maximum atomic E-state index is 12.3. The predicted octanol–water partition coefficient (Wildman–Crippen LogP) is 1.67. The minimum Gasteiger partial charge on any atom is -0.347 e. The second kappa shape index (κ2) is 8.67. The molecule has 126 valence electrons. The number of benzene rings is 1. The van der Waals surface area contributed by atoms with Gasteiger partial charge in [0.05, 0.1) is 6.54 Å². The number of rotatable bonds is 7. The average Bonchev–Trinajstić information content (AvgIpc) is 2.96. The van der Waals surface area contributed by atoms with Gasteiger partial charge in [-0.15, -0.1) is 0 Å². The lowest BCUT2D eigenvalue weighted by molar-refractivity contribution is -0.133. The number of likely N-dealkylation sites (N-methyl/N-ethyl adjacent to an activating group) is 1. The van der Waals surface area contributed by atoms with Crippen molar-refractivity contribution in [1.29, 1.82) is 0 Å². The molecule has 5 heteroatoms. The molecule has 0 bridgehead atoms. The maximum absolute atomic E-state index is 12.3. The molecule has 0 aromatic heterocycles. The van der Waals surface area contributed by atoms with Crippen LogP contribution in [0.1, 0.15) is 38.2 Å². The molecule has 1 aromatic carbocycles. The summed E-state index contributed by atoms with van der Waals surface area (Å²) >= 11 is 0. The zero-order valence-electron chi connectivity index (χ0n) is 13.8. The standard InChI is InChI=1S/C18H27N3O2/c1-2-21(13-14-6-4-3-5-7-14)18(23)12-20-17(22)11-15-8-9-16(19)10-15/h3-7,15-16H,2,8-13,19H2,1H3,(H,20,22)/t15-,16+/m1/s1. The Kier molecular flexibility index (Phi) is 6.59. The van der Waals surface area contributed by atoms with Crippen LogP contribution < -0.4 is 11.1 Å². The van der Waals surface area contributed by atoms with Crippen LogP contribution in [0.15, 0.2) is 30.3 Å². The number of nitrogens with zero attached hydrogens (tertiary/aromatic N) is 1. The first-order valence-corrected chi connectivity index (χ1v) is 8.42. The van der Waals surface area contributed by atoms with Crippen molar-refractivity contribution >= 4 is 11.8 Å². The summed E-state index contributed by atoms with van der Waals surface area (Å²) in [4.78, 5) is 26.0. The molecule has 0 saturated heterocycles. The van der Waals surface area contributed by atoms with Crippen molar-refractivity contribution in [2.45, 2.75) is 45.2 Å². The Morgan fingerprint density at radius 3 is 2.61 bits per heavy atom. The van der Waals surface area contributed by atoms with Crippen LogP contribution in [0.5, 0.6) is 0 Å². The van der Waals surface area contributed by atoms with Gasteiger partial charge in [0, 0.05) is 25.6 Å². The van der Waals surface area contributed by atoms with E-state index in [4.69, 9.17) is 5.73 Å². The van der Waals surface area contributed by atoms with E-state index in [0.29, 0.717) is 25.4 Å². The smallest absolute Gasteiger partial charge is 0.242 e. The maximum Gasteiger partial charge on any atom is 0.242 e. The van der Waals surface area contributed by atoms with Crippen LogP contribution in [0, 0.1) is 5.92 Å². The van der Waals surface area contributed by atoms with Gasteiger partial charge in [-0.1, -0.05) is 30.3 Å². The molecular formula is C18H27N3O2. The Balaban J connectivity index is 1.74. The molecule has 23 heavy (non-hydrogen) atoms. The van der Waals surface area contributed by atoms with E-state index in [1.807, 2.05) is 37.3 Å². The molecule has 1 fully saturated rings. The summed E-state index contributed by atoms with van der Waals surface area (Å²) in [6.07, 6.45) is 3.40. The molecule has 2 rings (SSSR count). The van der Waals surface area contributed by atoms with E-state index < -0.39 is 0 Å². The van der Waals surface area contributed by atoms with Gasteiger partial charge in [0.15, 0.2) is 0 Å². The minimum atomic E-state index is -0.0483. The third-order valence-electron chi connectivity index (χ3n) is 4.44. The van der Waals surface area contributed by atoms with Gasteiger partial charge in [-0.25, -0.2) is 0 Å². The quantitative estimate of drug-likeness (QED) is 0.803. The third-order valence-corrected chi connectivity index (χ3v) is 4.44. The molecule has 0 heterocycles. The molecular weight excluding hydrogens is 290 g/mol. The van der Waals surface area contributed by atoms with Crippen LogP contribution in [0.3, 0.4) is 0 Å². The summed E-state index contributed by atoms with van der Waals surface area (Å²) < 4.78 is 0. The number of carbonyl (C=O) groups is 2. The van der Waals surface area contributed by atoms with Crippen molar-refractivity contribution in [3.05, 3.63) is 35.9 Å². The van der Waals surface area contributed by atoms with Crippen molar-refractivity contribution in [2.75, 3.05) is 13.1 Å². The van der Waals surface area contributed by atoms with E-state index >= 15 is 0 Å². The molecule has 0 spiro atoms. The van der Waals surface area contributed by atoms with Crippen LogP contribution >= 0.6 is 0 Å². The summed E-state index contributed by atoms with van der Waals surface area (Å²) in [7, 11) is 0. The normalized spacial score (nSPS) is 20.3. The van der Waals surface area contributed by atoms with E-state index in [-0.39, 0.29) is 24.4 Å². The molecule has 0 radical (unpaired) electrons. The van der Waals surface area contributed by atoms with Crippen LogP contribution in [-0.2, 0) is 16.1 Å². The van der Waals surface area contributed by atoms with Gasteiger partial charge in [-0.2, -0.15) is 0 Å². The second-order valence-electron chi connectivity index (χ2n) is 6.31. The van der Waals surface area contributed by atoms with E-state index in [9.17, 15) is 9.59 Å². The van der Waals surface area contributed by atoms with E-state index in [2.05, 4.69) is 5.32 Å². The Bertz CT molecular complexity index is 518. The van der Waals surface area contributed by atoms with E-state index in [1.165, 1.54) is 0 Å². The lowest BCUT2D eigenvalue weighted by Crippen LogP contribution is -2.40. The molecule has 2 atom stereocenters. The predicted molar refractivity (Wildman–Crippen MR) is 90.5 cm³/mol. The summed E-state index contributed by atoms with van der Waals surface area (Å²) in [5.41, 5.74) is 6.95. The number of hydrogen-bond donors (Lipinski definition) is 2. The van der Waals surface area contributed by atoms with Gasteiger partial charge >= 0.3 is 0 Å². The Labute approximate surface area is 138 Å². The fourth-order valence-electron chi connectivity index (χ4n) is 3.10. The number of amides is 2. The number of nitrogens with one attached hydrogen (secondary N) is 1. The molecule has 3 N–H and O–H groups in total. The third kappa shape index (κ3) is 5.67. The van der Waals surface area contributed by atoms with Crippen LogP contribution in [-0.4, -0.2) is 35.8 Å². The lowest BCUT2D eigenvalue weighted by atomic mass is 10.0. The van der Waals surface area contributed by atoms with Crippen molar-refractivity contribution in [1.82, 2.24) is 10.2 Å². The van der Waals surface area contributed by atoms with Crippen LogP contribution in [0.25, 0.3) is 0 Å². The van der Waals surface area contributed by atoms with Crippen molar-refractivity contribution < 1.29 is 9.59 Å². The molecule has 1 aliphatic carbocycles. The molecule has 1 aromatic rings. The van der Waals surface area contributed by atoms with E-state index in [1.54, 1.807) is 4.90 Å². The second-order valence-corrected chi connectivity index (χ2v) is 6.31. The highest BCUT2D eigenvalue weighted by molar-refractivity contribution is 5.84.